The predicted octanol–water partition coefficient (Wildman–Crippen LogP) is 0.197. The van der Waals surface area contributed by atoms with Gasteiger partial charge in [-0.3, -0.25) is 4.79 Å². The molecule has 0 unspecified atom stereocenters. The number of rotatable bonds is 10. The Bertz CT molecular complexity index is 366. The summed E-state index contributed by atoms with van der Waals surface area (Å²) in [6.45, 7) is 5.66. The van der Waals surface area contributed by atoms with Gasteiger partial charge in [-0.15, -0.1) is 0 Å². The van der Waals surface area contributed by atoms with Crippen molar-refractivity contribution in [2.45, 2.75) is 39.5 Å². The lowest BCUT2D eigenvalue weighted by Crippen LogP contribution is -2.30. The van der Waals surface area contributed by atoms with Gasteiger partial charge in [-0.25, -0.2) is 13.1 Å². The normalized spacial score (nSPS) is 12.4. The van der Waals surface area contributed by atoms with Crippen molar-refractivity contribution in [3.8, 4) is 0 Å². The molecule has 0 saturated heterocycles. The molecule has 0 aromatic rings. The van der Waals surface area contributed by atoms with Crippen molar-refractivity contribution in [1.29, 1.82) is 0 Å². The Labute approximate surface area is 116 Å². The third kappa shape index (κ3) is 12.1. The number of amides is 1. The number of carbonyl (C=O) groups excluding carboxylic acids is 1. The van der Waals surface area contributed by atoms with Gasteiger partial charge in [0.15, 0.2) is 0 Å². The van der Waals surface area contributed by atoms with Crippen LogP contribution in [-0.4, -0.2) is 40.2 Å². The highest BCUT2D eigenvalue weighted by molar-refractivity contribution is 7.88. The largest absolute Gasteiger partial charge is 0.356 e. The van der Waals surface area contributed by atoms with Gasteiger partial charge in [0, 0.05) is 19.5 Å². The van der Waals surface area contributed by atoms with Crippen LogP contribution >= 0.6 is 0 Å². The smallest absolute Gasteiger partial charge is 0.220 e. The van der Waals surface area contributed by atoms with E-state index in [1.807, 2.05) is 0 Å². The number of hydrogen-bond acceptors (Lipinski definition) is 4. The molecule has 0 heterocycles. The number of hydrogen-bond donors (Lipinski definition) is 3. The second kappa shape index (κ2) is 8.50. The van der Waals surface area contributed by atoms with Gasteiger partial charge >= 0.3 is 0 Å². The summed E-state index contributed by atoms with van der Waals surface area (Å²) in [6, 6.07) is 0. The molecule has 0 aliphatic heterocycles. The standard InChI is InChI=1S/C12H27N3O3S/c1-12(2,7-8-13)6-5-11(16)14-9-4-10-15-19(3,17)18/h15H,4-10,13H2,1-3H3,(H,14,16). The second-order valence-electron chi connectivity index (χ2n) is 5.57. The lowest BCUT2D eigenvalue weighted by molar-refractivity contribution is -0.121. The van der Waals surface area contributed by atoms with Crippen LogP contribution in [0.4, 0.5) is 0 Å². The van der Waals surface area contributed by atoms with Gasteiger partial charge in [-0.1, -0.05) is 13.8 Å². The molecule has 0 fully saturated rings. The van der Waals surface area contributed by atoms with E-state index in [1.54, 1.807) is 0 Å². The van der Waals surface area contributed by atoms with Crippen molar-refractivity contribution < 1.29 is 13.2 Å². The highest BCUT2D eigenvalue weighted by Gasteiger charge is 2.17. The molecule has 6 nitrogen and oxygen atoms in total. The number of nitrogens with one attached hydrogen (secondary N) is 2. The van der Waals surface area contributed by atoms with E-state index in [0.29, 0.717) is 32.5 Å². The Morgan fingerprint density at radius 3 is 2.37 bits per heavy atom. The summed E-state index contributed by atoms with van der Waals surface area (Å²) >= 11 is 0. The van der Waals surface area contributed by atoms with Crippen LogP contribution in [0.1, 0.15) is 39.5 Å². The van der Waals surface area contributed by atoms with E-state index in [4.69, 9.17) is 5.73 Å². The minimum atomic E-state index is -3.14. The summed E-state index contributed by atoms with van der Waals surface area (Å²) in [5, 5.41) is 2.78. The molecule has 0 aromatic carbocycles. The third-order valence-electron chi connectivity index (χ3n) is 2.89. The van der Waals surface area contributed by atoms with Crippen molar-refractivity contribution in [3.05, 3.63) is 0 Å². The number of carbonyl (C=O) groups is 1. The molecular formula is C12H27N3O3S. The molecule has 0 aromatic heterocycles. The molecule has 0 bridgehead atoms. The average Bonchev–Trinajstić information content (AvgIpc) is 2.24. The SMILES string of the molecule is CC(C)(CCN)CCC(=O)NCCCNS(C)(=O)=O. The van der Waals surface area contributed by atoms with E-state index in [2.05, 4.69) is 23.9 Å². The van der Waals surface area contributed by atoms with Crippen LogP contribution in [0.3, 0.4) is 0 Å². The maximum absolute atomic E-state index is 11.6. The summed E-state index contributed by atoms with van der Waals surface area (Å²) in [5.41, 5.74) is 5.60. The van der Waals surface area contributed by atoms with Crippen LogP contribution in [-0.2, 0) is 14.8 Å². The van der Waals surface area contributed by atoms with E-state index >= 15 is 0 Å². The molecule has 19 heavy (non-hydrogen) atoms. The lowest BCUT2D eigenvalue weighted by atomic mass is 9.84. The third-order valence-corrected chi connectivity index (χ3v) is 3.62. The molecule has 0 atom stereocenters. The van der Waals surface area contributed by atoms with Crippen molar-refractivity contribution in [1.82, 2.24) is 10.0 Å². The fraction of sp³-hybridized carbons (Fsp3) is 0.917. The average molecular weight is 293 g/mol. The molecular weight excluding hydrogens is 266 g/mol. The molecule has 0 saturated carbocycles. The van der Waals surface area contributed by atoms with Crippen molar-refractivity contribution in [2.24, 2.45) is 11.1 Å². The van der Waals surface area contributed by atoms with Gasteiger partial charge in [-0.2, -0.15) is 0 Å². The van der Waals surface area contributed by atoms with Crippen molar-refractivity contribution in [2.75, 3.05) is 25.9 Å². The van der Waals surface area contributed by atoms with E-state index < -0.39 is 10.0 Å². The van der Waals surface area contributed by atoms with E-state index in [9.17, 15) is 13.2 Å². The summed E-state index contributed by atoms with van der Waals surface area (Å²) in [7, 11) is -3.14. The number of sulfonamides is 1. The van der Waals surface area contributed by atoms with Crippen LogP contribution < -0.4 is 15.8 Å². The Hall–Kier alpha value is -0.660. The number of nitrogens with two attached hydrogens (primary N) is 1. The van der Waals surface area contributed by atoms with Gasteiger partial charge in [0.05, 0.1) is 6.26 Å². The quantitative estimate of drug-likeness (QED) is 0.501. The van der Waals surface area contributed by atoms with Gasteiger partial charge in [0.2, 0.25) is 15.9 Å². The first-order valence-corrected chi connectivity index (χ1v) is 8.47. The van der Waals surface area contributed by atoms with Gasteiger partial charge in [0.25, 0.3) is 0 Å². The first kappa shape index (κ1) is 18.3. The van der Waals surface area contributed by atoms with Gasteiger partial charge < -0.3 is 11.1 Å². The Balaban J connectivity index is 3.66. The minimum Gasteiger partial charge on any atom is -0.356 e. The summed E-state index contributed by atoms with van der Waals surface area (Å²) < 4.78 is 24.0. The zero-order valence-corrected chi connectivity index (χ0v) is 13.0. The fourth-order valence-electron chi connectivity index (χ4n) is 1.63. The minimum absolute atomic E-state index is 0.00412. The Kier molecular flexibility index (Phi) is 8.20. The van der Waals surface area contributed by atoms with E-state index in [0.717, 1.165) is 19.1 Å². The van der Waals surface area contributed by atoms with E-state index in [-0.39, 0.29) is 11.3 Å². The van der Waals surface area contributed by atoms with Gasteiger partial charge in [0.1, 0.15) is 0 Å². The molecule has 0 aliphatic rings. The second-order valence-corrected chi connectivity index (χ2v) is 7.41. The fourth-order valence-corrected chi connectivity index (χ4v) is 2.14. The molecule has 0 radical (unpaired) electrons. The van der Waals surface area contributed by atoms with Crippen LogP contribution in [0.25, 0.3) is 0 Å². The predicted molar refractivity (Wildman–Crippen MR) is 77.2 cm³/mol. The maximum Gasteiger partial charge on any atom is 0.220 e. The van der Waals surface area contributed by atoms with E-state index in [1.165, 1.54) is 0 Å². The Morgan fingerprint density at radius 2 is 1.84 bits per heavy atom. The van der Waals surface area contributed by atoms with Crippen molar-refractivity contribution in [3.63, 3.8) is 0 Å². The van der Waals surface area contributed by atoms with Gasteiger partial charge in [-0.05, 0) is 31.2 Å². The first-order valence-electron chi connectivity index (χ1n) is 6.58. The van der Waals surface area contributed by atoms with Crippen LogP contribution in [0.15, 0.2) is 0 Å². The molecule has 0 rings (SSSR count). The molecule has 0 aliphatic carbocycles. The maximum atomic E-state index is 11.6. The van der Waals surface area contributed by atoms with Crippen LogP contribution in [0.2, 0.25) is 0 Å². The van der Waals surface area contributed by atoms with Crippen LogP contribution in [0, 0.1) is 5.41 Å². The molecule has 4 N–H and O–H groups in total. The van der Waals surface area contributed by atoms with Crippen LogP contribution in [0.5, 0.6) is 0 Å². The Morgan fingerprint density at radius 1 is 1.21 bits per heavy atom. The monoisotopic (exact) mass is 293 g/mol. The molecule has 0 spiro atoms. The zero-order chi connectivity index (χ0) is 14.9. The molecule has 114 valence electrons. The highest BCUT2D eigenvalue weighted by Crippen LogP contribution is 2.25. The first-order chi connectivity index (χ1) is 8.66. The molecule has 7 heteroatoms. The summed E-state index contributed by atoms with van der Waals surface area (Å²) in [4.78, 5) is 11.6. The zero-order valence-electron chi connectivity index (χ0n) is 12.2. The summed E-state index contributed by atoms with van der Waals surface area (Å²) in [5.74, 6) is 0.00412. The highest BCUT2D eigenvalue weighted by atomic mass is 32.2. The molecule has 1 amide bonds. The van der Waals surface area contributed by atoms with Crippen molar-refractivity contribution >= 4 is 15.9 Å². The summed E-state index contributed by atoms with van der Waals surface area (Å²) in [6.07, 6.45) is 3.89. The lowest BCUT2D eigenvalue weighted by Gasteiger charge is -2.23. The topological polar surface area (TPSA) is 101 Å².